The van der Waals surface area contributed by atoms with E-state index in [9.17, 15) is 4.79 Å². The molecule has 1 amide bonds. The minimum absolute atomic E-state index is 0.0681. The van der Waals surface area contributed by atoms with Crippen molar-refractivity contribution in [1.82, 2.24) is 5.32 Å². The van der Waals surface area contributed by atoms with E-state index in [0.29, 0.717) is 6.04 Å². The summed E-state index contributed by atoms with van der Waals surface area (Å²) < 4.78 is 0. The molecule has 3 heteroatoms. The maximum absolute atomic E-state index is 11.9. The fourth-order valence-electron chi connectivity index (χ4n) is 2.44. The second-order valence-corrected chi connectivity index (χ2v) is 5.07. The third kappa shape index (κ3) is 2.91. The lowest BCUT2D eigenvalue weighted by molar-refractivity contribution is -0.117. The molecule has 0 fully saturated rings. The summed E-state index contributed by atoms with van der Waals surface area (Å²) in [6, 6.07) is 8.10. The van der Waals surface area contributed by atoms with Gasteiger partial charge in [0.2, 0.25) is 5.91 Å². The molecule has 3 nitrogen and oxygen atoms in total. The highest BCUT2D eigenvalue weighted by molar-refractivity contribution is 6.02. The second kappa shape index (κ2) is 6.01. The highest BCUT2D eigenvalue weighted by atomic mass is 16.2. The van der Waals surface area contributed by atoms with E-state index in [0.717, 1.165) is 17.7 Å². The van der Waals surface area contributed by atoms with E-state index in [1.807, 2.05) is 24.3 Å². The zero-order valence-electron chi connectivity index (χ0n) is 11.2. The van der Waals surface area contributed by atoms with Crippen LogP contribution in [-0.4, -0.2) is 11.9 Å². The summed E-state index contributed by atoms with van der Waals surface area (Å²) in [6.45, 7) is 4.36. The molecule has 1 aliphatic heterocycles. The van der Waals surface area contributed by atoms with Crippen molar-refractivity contribution in [3.63, 3.8) is 0 Å². The van der Waals surface area contributed by atoms with E-state index in [2.05, 4.69) is 24.5 Å². The van der Waals surface area contributed by atoms with Crippen LogP contribution in [0.15, 0.2) is 24.3 Å². The summed E-state index contributed by atoms with van der Waals surface area (Å²) >= 11 is 0. The molecular formula is C15H22N2O. The predicted molar refractivity (Wildman–Crippen MR) is 74.6 cm³/mol. The molecule has 2 rings (SSSR count). The molecule has 18 heavy (non-hydrogen) atoms. The van der Waals surface area contributed by atoms with Crippen molar-refractivity contribution in [3.8, 4) is 0 Å². The number of hydrogen-bond acceptors (Lipinski definition) is 2. The van der Waals surface area contributed by atoms with Gasteiger partial charge < -0.3 is 5.32 Å². The molecule has 0 aliphatic carbocycles. The lowest BCUT2D eigenvalue weighted by atomic mass is 10.1. The maximum atomic E-state index is 11.9. The molecular weight excluding hydrogens is 224 g/mol. The van der Waals surface area contributed by atoms with Crippen molar-refractivity contribution in [2.75, 3.05) is 5.32 Å². The van der Waals surface area contributed by atoms with Gasteiger partial charge in [-0.3, -0.25) is 10.1 Å². The highest BCUT2D eigenvalue weighted by Gasteiger charge is 2.30. The number of unbranched alkanes of at least 4 members (excludes halogenated alkanes) is 2. The minimum atomic E-state index is -0.183. The average Bonchev–Trinajstić information content (AvgIpc) is 2.67. The number of amides is 1. The monoisotopic (exact) mass is 246 g/mol. The number of fused-ring (bicyclic) bond motifs is 1. The van der Waals surface area contributed by atoms with Crippen molar-refractivity contribution < 1.29 is 4.79 Å². The van der Waals surface area contributed by atoms with Crippen molar-refractivity contribution in [1.29, 1.82) is 0 Å². The van der Waals surface area contributed by atoms with Gasteiger partial charge in [-0.05, 0) is 19.4 Å². The largest absolute Gasteiger partial charge is 0.324 e. The summed E-state index contributed by atoms with van der Waals surface area (Å²) in [4.78, 5) is 11.9. The van der Waals surface area contributed by atoms with Gasteiger partial charge in [-0.25, -0.2) is 0 Å². The van der Waals surface area contributed by atoms with Crippen molar-refractivity contribution in [2.24, 2.45) is 0 Å². The molecule has 98 valence electrons. The van der Waals surface area contributed by atoms with Gasteiger partial charge in [0.25, 0.3) is 0 Å². The smallest absolute Gasteiger partial charge is 0.246 e. The van der Waals surface area contributed by atoms with Gasteiger partial charge >= 0.3 is 0 Å². The molecule has 2 N–H and O–H groups in total. The number of para-hydroxylation sites is 1. The van der Waals surface area contributed by atoms with Crippen molar-refractivity contribution in [3.05, 3.63) is 29.8 Å². The molecule has 2 atom stereocenters. The van der Waals surface area contributed by atoms with Crippen molar-refractivity contribution >= 4 is 11.6 Å². The number of benzene rings is 1. The van der Waals surface area contributed by atoms with Gasteiger partial charge in [-0.2, -0.15) is 0 Å². The molecule has 0 saturated heterocycles. The minimum Gasteiger partial charge on any atom is -0.324 e. The van der Waals surface area contributed by atoms with Crippen LogP contribution in [0.1, 0.15) is 51.1 Å². The SMILES string of the molecule is CCCCCC(C)NC1C(=O)Nc2ccccc21. The zero-order valence-corrected chi connectivity index (χ0v) is 11.2. The molecule has 1 aromatic carbocycles. The Balaban J connectivity index is 1.95. The summed E-state index contributed by atoms with van der Waals surface area (Å²) in [5, 5.41) is 6.35. The van der Waals surface area contributed by atoms with E-state index >= 15 is 0 Å². The quantitative estimate of drug-likeness (QED) is 0.757. The molecule has 0 radical (unpaired) electrons. The summed E-state index contributed by atoms with van der Waals surface area (Å²) in [7, 11) is 0. The topological polar surface area (TPSA) is 41.1 Å². The number of carbonyl (C=O) groups excluding carboxylic acids is 1. The number of anilines is 1. The Kier molecular flexibility index (Phi) is 4.37. The summed E-state index contributed by atoms with van der Waals surface area (Å²) in [6.07, 6.45) is 4.85. The number of rotatable bonds is 6. The van der Waals surface area contributed by atoms with E-state index in [1.54, 1.807) is 0 Å². The van der Waals surface area contributed by atoms with Crippen LogP contribution in [0.3, 0.4) is 0 Å². The van der Waals surface area contributed by atoms with Gasteiger partial charge in [0.15, 0.2) is 0 Å². The first-order valence-corrected chi connectivity index (χ1v) is 6.88. The second-order valence-electron chi connectivity index (χ2n) is 5.07. The summed E-state index contributed by atoms with van der Waals surface area (Å²) in [5.74, 6) is 0.0681. The van der Waals surface area contributed by atoms with Crippen molar-refractivity contribution in [2.45, 2.75) is 51.6 Å². The van der Waals surface area contributed by atoms with E-state index in [4.69, 9.17) is 0 Å². The van der Waals surface area contributed by atoms with Crippen LogP contribution >= 0.6 is 0 Å². The zero-order chi connectivity index (χ0) is 13.0. The molecule has 1 aromatic rings. The molecule has 2 unspecified atom stereocenters. The Labute approximate surface area is 109 Å². The number of carbonyl (C=O) groups is 1. The molecule has 0 saturated carbocycles. The Hall–Kier alpha value is -1.35. The molecule has 0 spiro atoms. The lowest BCUT2D eigenvalue weighted by Gasteiger charge is -2.18. The Bertz CT molecular complexity index is 417. The number of hydrogen-bond donors (Lipinski definition) is 2. The van der Waals surface area contributed by atoms with Gasteiger partial charge in [-0.1, -0.05) is 44.4 Å². The lowest BCUT2D eigenvalue weighted by Crippen LogP contribution is -2.34. The van der Waals surface area contributed by atoms with E-state index < -0.39 is 0 Å². The fraction of sp³-hybridized carbons (Fsp3) is 0.533. The first-order chi connectivity index (χ1) is 8.72. The van der Waals surface area contributed by atoms with Crippen LogP contribution in [0.5, 0.6) is 0 Å². The van der Waals surface area contributed by atoms with Crippen LogP contribution in [-0.2, 0) is 4.79 Å². The van der Waals surface area contributed by atoms with Crippen LogP contribution in [0.25, 0.3) is 0 Å². The van der Waals surface area contributed by atoms with Crippen LogP contribution in [0.4, 0.5) is 5.69 Å². The van der Waals surface area contributed by atoms with Gasteiger partial charge in [0, 0.05) is 17.3 Å². The first-order valence-electron chi connectivity index (χ1n) is 6.88. The van der Waals surface area contributed by atoms with Gasteiger partial charge in [-0.15, -0.1) is 0 Å². The maximum Gasteiger partial charge on any atom is 0.246 e. The summed E-state index contributed by atoms with van der Waals surface area (Å²) in [5.41, 5.74) is 2.02. The van der Waals surface area contributed by atoms with E-state index in [1.165, 1.54) is 19.3 Å². The van der Waals surface area contributed by atoms with Crippen LogP contribution < -0.4 is 10.6 Å². The highest BCUT2D eigenvalue weighted by Crippen LogP contribution is 2.30. The standard InChI is InChI=1S/C15H22N2O/c1-3-4-5-8-11(2)16-14-12-9-6-7-10-13(12)17-15(14)18/h6-7,9-11,14,16H,3-5,8H2,1-2H3,(H,17,18). The molecule has 1 aliphatic rings. The molecule has 0 aromatic heterocycles. The Morgan fingerprint density at radius 1 is 1.33 bits per heavy atom. The molecule has 0 bridgehead atoms. The van der Waals surface area contributed by atoms with Gasteiger partial charge in [0.05, 0.1) is 0 Å². The van der Waals surface area contributed by atoms with Crippen LogP contribution in [0, 0.1) is 0 Å². The van der Waals surface area contributed by atoms with E-state index in [-0.39, 0.29) is 11.9 Å². The van der Waals surface area contributed by atoms with Gasteiger partial charge in [0.1, 0.15) is 6.04 Å². The third-order valence-corrected chi connectivity index (χ3v) is 3.48. The normalized spacial score (nSPS) is 19.4. The molecule has 1 heterocycles. The Morgan fingerprint density at radius 3 is 2.89 bits per heavy atom. The average molecular weight is 246 g/mol. The first kappa shape index (κ1) is 13.1. The fourth-order valence-corrected chi connectivity index (χ4v) is 2.44. The predicted octanol–water partition coefficient (Wildman–Crippen LogP) is 3.24. The Morgan fingerprint density at radius 2 is 2.11 bits per heavy atom. The van der Waals surface area contributed by atoms with Crippen LogP contribution in [0.2, 0.25) is 0 Å². The number of nitrogens with one attached hydrogen (secondary N) is 2. The third-order valence-electron chi connectivity index (χ3n) is 3.48.